The minimum atomic E-state index is -0.775. The van der Waals surface area contributed by atoms with Crippen LogP contribution < -0.4 is 25.5 Å². The summed E-state index contributed by atoms with van der Waals surface area (Å²) in [6.45, 7) is 34.2. The Hall–Kier alpha value is -5.49. The molecule has 18 heteroatoms. The molecule has 3 aliphatic rings. The van der Waals surface area contributed by atoms with Gasteiger partial charge in [0.05, 0.1) is 0 Å². The first-order valence-corrected chi connectivity index (χ1v) is 27.6. The van der Waals surface area contributed by atoms with E-state index in [-0.39, 0.29) is 47.7 Å². The molecule has 0 unspecified atom stereocenters. The number of ether oxygens (including phenoxy) is 1. The Morgan fingerprint density at radius 2 is 1.04 bits per heavy atom. The van der Waals surface area contributed by atoms with Crippen molar-refractivity contribution in [1.29, 1.82) is 0 Å². The van der Waals surface area contributed by atoms with Crippen molar-refractivity contribution in [2.24, 2.45) is 0 Å². The molecular formula is C62H69B6N4O7Pt-3. The van der Waals surface area contributed by atoms with Gasteiger partial charge in [-0.3, -0.25) is 0 Å². The van der Waals surface area contributed by atoms with Crippen LogP contribution in [0.1, 0.15) is 109 Å². The van der Waals surface area contributed by atoms with Gasteiger partial charge in [-0.05, 0) is 102 Å². The van der Waals surface area contributed by atoms with Crippen LogP contribution in [-0.2, 0) is 53.9 Å². The molecule has 0 N–H and O–H groups in total. The maximum atomic E-state index is 6.79. The quantitative estimate of drug-likeness (QED) is 0.108. The normalized spacial score (nSPS) is 15.8. The topological polar surface area (TPSA) is 88.9 Å². The van der Waals surface area contributed by atoms with Gasteiger partial charge in [-0.1, -0.05) is 170 Å². The molecule has 0 bridgehead atoms. The Labute approximate surface area is 490 Å². The zero-order valence-corrected chi connectivity index (χ0v) is 51.1. The molecule has 11 rings (SSSR count). The van der Waals surface area contributed by atoms with Crippen molar-refractivity contribution < 1.29 is 53.2 Å². The average molecular weight is 1240 g/mol. The first-order valence-electron chi connectivity index (χ1n) is 27.6. The second-order valence-electron chi connectivity index (χ2n) is 26.6. The van der Waals surface area contributed by atoms with E-state index < -0.39 is 42.7 Å². The maximum Gasteiger partial charge on any atom is 0.466 e. The van der Waals surface area contributed by atoms with Crippen LogP contribution in [0.4, 0.5) is 22.7 Å². The van der Waals surface area contributed by atoms with E-state index in [1.165, 1.54) is 5.56 Å². The summed E-state index contributed by atoms with van der Waals surface area (Å²) in [7, 11) is -3.74. The minimum Gasteiger partial charge on any atom is -0.509 e. The number of hydrogen-bond donors (Lipinski definition) is 0. The van der Waals surface area contributed by atoms with Crippen LogP contribution in [0.3, 0.4) is 0 Å². The fourth-order valence-corrected chi connectivity index (χ4v) is 10.2. The van der Waals surface area contributed by atoms with Crippen LogP contribution in [-0.4, -0.2) is 52.3 Å². The monoisotopic (exact) mass is 1240 g/mol. The zero-order chi connectivity index (χ0) is 56.0. The molecule has 0 saturated carbocycles. The van der Waals surface area contributed by atoms with Gasteiger partial charge in [-0.25, -0.2) is 4.98 Å². The number of rotatable bonds is 8. The molecule has 11 nitrogen and oxygen atoms in total. The van der Waals surface area contributed by atoms with Gasteiger partial charge in [-0.15, -0.1) is 48.1 Å². The fraction of sp³-hybridized carbons (Fsp3) is 0.323. The van der Waals surface area contributed by atoms with Gasteiger partial charge in [0.25, 0.3) is 0 Å². The van der Waals surface area contributed by atoms with Crippen LogP contribution in [0, 0.1) is 18.8 Å². The Bertz CT molecular complexity index is 3440. The molecule has 2 aromatic heterocycles. The number of benzene rings is 6. The van der Waals surface area contributed by atoms with Crippen molar-refractivity contribution in [2.75, 3.05) is 9.80 Å². The Balaban J connectivity index is 0.00000720. The summed E-state index contributed by atoms with van der Waals surface area (Å²) in [6, 6.07) is 53.5. The largest absolute Gasteiger partial charge is 0.509 e. The van der Waals surface area contributed by atoms with E-state index in [4.69, 9.17) is 37.2 Å². The molecule has 0 radical (unpaired) electrons. The predicted molar refractivity (Wildman–Crippen MR) is 328 cm³/mol. The van der Waals surface area contributed by atoms with Crippen molar-refractivity contribution in [3.05, 3.63) is 164 Å². The number of fused-ring (bicyclic) bond motifs is 4. The number of pyridine rings is 1. The molecule has 0 amide bonds. The van der Waals surface area contributed by atoms with E-state index in [2.05, 4.69) is 240 Å². The van der Waals surface area contributed by atoms with Gasteiger partial charge in [0.2, 0.25) is 0 Å². The van der Waals surface area contributed by atoms with Gasteiger partial charge in [-0.2, -0.15) is 12.1 Å². The van der Waals surface area contributed by atoms with Gasteiger partial charge in [0.15, 0.2) is 0 Å². The number of para-hydroxylation sites is 2. The van der Waals surface area contributed by atoms with E-state index >= 15 is 0 Å². The first kappa shape index (κ1) is 57.7. The summed E-state index contributed by atoms with van der Waals surface area (Å²) >= 11 is 0. The zero-order valence-electron chi connectivity index (χ0n) is 48.8. The molecule has 8 aromatic rings. The van der Waals surface area contributed by atoms with E-state index in [1.807, 2.05) is 36.5 Å². The number of hydrogen-bond acceptors (Lipinski definition) is 10. The van der Waals surface area contributed by atoms with Crippen LogP contribution in [0.15, 0.2) is 140 Å². The van der Waals surface area contributed by atoms with E-state index in [9.17, 15) is 0 Å². The SMILES string of the molecule is CC(C)(C)B1OB(c2cc(B3OB(C(C)(C)C)OB(C(C)(C)C)O3)cc(N3[CH-]N(c4[c-]c(Oc5[c-]c6c(cc5)c5cc(-c7ccccc7)ccc5n6-c5cc(C(C)(C)C)ccn5)ccc4)c4ccccc43)c2)OB(C(C)(C)C)O1.[Pt]. The third kappa shape index (κ3) is 11.8. The van der Waals surface area contributed by atoms with E-state index in [0.717, 1.165) is 72.4 Å². The minimum absolute atomic E-state index is 0. The molecule has 0 spiro atoms. The summed E-state index contributed by atoms with van der Waals surface area (Å²) in [5.74, 6) is 1.91. The predicted octanol–water partition coefficient (Wildman–Crippen LogP) is 14.6. The van der Waals surface area contributed by atoms with Crippen molar-refractivity contribution in [1.82, 2.24) is 9.55 Å². The van der Waals surface area contributed by atoms with Crippen molar-refractivity contribution in [3.8, 4) is 28.4 Å². The summed E-state index contributed by atoms with van der Waals surface area (Å²) in [4.78, 5) is 9.26. The molecule has 2 fully saturated rings. The smallest absolute Gasteiger partial charge is 0.466 e. The third-order valence-corrected chi connectivity index (χ3v) is 14.6. The molecule has 0 aliphatic carbocycles. The van der Waals surface area contributed by atoms with Crippen molar-refractivity contribution >= 4 is 98.2 Å². The molecule has 3 aliphatic heterocycles. The van der Waals surface area contributed by atoms with Crippen molar-refractivity contribution in [2.45, 2.75) is 131 Å². The second kappa shape index (κ2) is 21.7. The first-order chi connectivity index (χ1) is 37.3. The molecule has 5 heterocycles. The van der Waals surface area contributed by atoms with Crippen LogP contribution in [0.2, 0.25) is 21.3 Å². The Kier molecular flexibility index (Phi) is 15.6. The van der Waals surface area contributed by atoms with Crippen molar-refractivity contribution in [3.63, 3.8) is 0 Å². The standard InChI is InChI=1S/C62H69B6N4O7.Pt/c1-58(2,3)44-32-33-69-57(35-44)72-53-31-28-43(42-22-17-16-18-23-42)34-52(53)51-30-29-50(40-56(51)72)73-49-25-21-24-47(39-49)70-41-71(55-27-20-19-26-54(55)70)48-37-45(63-74-65(59(4,5)6)78-66(75-63)60(7,8)9)36-46(38-48)64-76-67(61(10,11)12)79-68(77-64)62(13,14)15;/h16-38,41H,1-15H3;/q-3;. The second-order valence-corrected chi connectivity index (χ2v) is 26.6. The molecule has 6 aromatic carbocycles. The van der Waals surface area contributed by atoms with Crippen LogP contribution in [0.5, 0.6) is 11.5 Å². The number of nitrogens with zero attached hydrogens (tertiary/aromatic N) is 4. The van der Waals surface area contributed by atoms with Crippen LogP contribution in [0.25, 0.3) is 38.8 Å². The summed E-state index contributed by atoms with van der Waals surface area (Å²) < 4.78 is 49.2. The van der Waals surface area contributed by atoms with Gasteiger partial charge in [0.1, 0.15) is 5.82 Å². The summed E-state index contributed by atoms with van der Waals surface area (Å²) in [5.41, 5.74) is 10.5. The number of aromatic nitrogens is 2. The Morgan fingerprint density at radius 1 is 0.487 bits per heavy atom. The van der Waals surface area contributed by atoms with Crippen LogP contribution >= 0.6 is 0 Å². The molecule has 410 valence electrons. The maximum absolute atomic E-state index is 6.79. The van der Waals surface area contributed by atoms with Gasteiger partial charge in [0, 0.05) is 61.3 Å². The third-order valence-electron chi connectivity index (χ3n) is 14.6. The molecule has 80 heavy (non-hydrogen) atoms. The summed E-state index contributed by atoms with van der Waals surface area (Å²) in [5, 5.41) is 0.779. The van der Waals surface area contributed by atoms with Gasteiger partial charge >= 0.3 is 42.7 Å². The average Bonchev–Trinajstić information content (AvgIpc) is 4.01. The number of anilines is 4. The molecular weight excluding hydrogens is 1170 g/mol. The van der Waals surface area contributed by atoms with E-state index in [0.29, 0.717) is 11.5 Å². The molecule has 2 saturated heterocycles. The molecule has 0 atom stereocenters. The summed E-state index contributed by atoms with van der Waals surface area (Å²) in [6.07, 6.45) is 1.90. The Morgan fingerprint density at radius 3 is 1.60 bits per heavy atom. The fourth-order valence-electron chi connectivity index (χ4n) is 10.2. The van der Waals surface area contributed by atoms with E-state index in [1.54, 1.807) is 0 Å². The van der Waals surface area contributed by atoms with Gasteiger partial charge < -0.3 is 46.5 Å².